The molecule has 0 spiro atoms. The summed E-state index contributed by atoms with van der Waals surface area (Å²) in [6.07, 6.45) is 1.82. The highest BCUT2D eigenvalue weighted by Crippen LogP contribution is 2.54. The Morgan fingerprint density at radius 3 is 1.13 bits per heavy atom. The van der Waals surface area contributed by atoms with Crippen LogP contribution in [0, 0.1) is 0 Å². The molecule has 2 nitrogen and oxygen atoms in total. The van der Waals surface area contributed by atoms with Gasteiger partial charge in [-0.25, -0.2) is 4.98 Å². The molecule has 0 aliphatic heterocycles. The van der Waals surface area contributed by atoms with Crippen molar-refractivity contribution in [2.75, 3.05) is 0 Å². The molecule has 0 atom stereocenters. The third-order valence-electron chi connectivity index (χ3n) is 14.8. The second-order valence-corrected chi connectivity index (χ2v) is 19.4. The zero-order valence-electron chi connectivity index (χ0n) is 36.7. The Morgan fingerprint density at radius 2 is 0.635 bits per heavy atom. The Balaban J connectivity index is 0.859. The van der Waals surface area contributed by atoms with E-state index in [9.17, 15) is 0 Å². The van der Waals surface area contributed by atoms with Crippen molar-refractivity contribution >= 4 is 0 Å². The van der Waals surface area contributed by atoms with Crippen LogP contribution < -0.4 is 0 Å². The van der Waals surface area contributed by atoms with Crippen molar-refractivity contribution in [2.45, 2.75) is 57.8 Å². The van der Waals surface area contributed by atoms with Gasteiger partial charge in [0.2, 0.25) is 0 Å². The van der Waals surface area contributed by atoms with Gasteiger partial charge in [-0.3, -0.25) is 4.98 Å². The minimum atomic E-state index is -0.180. The van der Waals surface area contributed by atoms with E-state index in [0.717, 1.165) is 22.6 Å². The summed E-state index contributed by atoms with van der Waals surface area (Å²) < 4.78 is 0. The van der Waals surface area contributed by atoms with Gasteiger partial charge in [0.1, 0.15) is 0 Å². The lowest BCUT2D eigenvalue weighted by Crippen LogP contribution is -2.16. The van der Waals surface area contributed by atoms with Gasteiger partial charge in [-0.1, -0.05) is 163 Å². The molecule has 0 N–H and O–H groups in total. The number of hydrogen-bond acceptors (Lipinski definition) is 2. The standard InChI is InChI=1S/C61H48N2/c1-59(2)50-17-10-9-15-43(50)44-26-21-37(32-51(44)59)38-22-27-45-46-28-23-39(34-53(46)60(3,4)52(45)33-38)40-24-29-47-48-30-25-41(36-55(48)61(5,6)54(47)35-40)42-14-7-8-16-49(42)56-19-13-20-58(63-56)57-18-11-12-31-62-57/h7-36H,1-6H3. The monoisotopic (exact) mass is 808 g/mol. The third kappa shape index (κ3) is 5.57. The van der Waals surface area contributed by atoms with Gasteiger partial charge in [0, 0.05) is 28.0 Å². The molecule has 2 aromatic heterocycles. The molecular weight excluding hydrogens is 761 g/mol. The molecular formula is C61H48N2. The third-order valence-corrected chi connectivity index (χ3v) is 14.8. The summed E-state index contributed by atoms with van der Waals surface area (Å²) in [7, 11) is 0. The van der Waals surface area contributed by atoms with Crippen molar-refractivity contribution in [1.82, 2.24) is 9.97 Å². The van der Waals surface area contributed by atoms with Gasteiger partial charge in [-0.2, -0.15) is 0 Å². The minimum Gasteiger partial charge on any atom is -0.255 e. The average molecular weight is 809 g/mol. The fraction of sp³-hybridized carbons (Fsp3) is 0.148. The van der Waals surface area contributed by atoms with Crippen LogP contribution in [0.1, 0.15) is 74.9 Å². The molecule has 0 saturated heterocycles. The normalized spacial score (nSPS) is 15.2. The van der Waals surface area contributed by atoms with E-state index >= 15 is 0 Å². The summed E-state index contributed by atoms with van der Waals surface area (Å²) in [5, 5.41) is 0. The van der Waals surface area contributed by atoms with E-state index in [-0.39, 0.29) is 16.2 Å². The fourth-order valence-corrected chi connectivity index (χ4v) is 11.3. The quantitative estimate of drug-likeness (QED) is 0.173. The van der Waals surface area contributed by atoms with Crippen LogP contribution in [0.3, 0.4) is 0 Å². The Hall–Kier alpha value is -7.16. The van der Waals surface area contributed by atoms with E-state index in [0.29, 0.717) is 0 Å². The van der Waals surface area contributed by atoms with Gasteiger partial charge in [-0.15, -0.1) is 0 Å². The van der Waals surface area contributed by atoms with Gasteiger partial charge in [-0.05, 0) is 155 Å². The molecule has 63 heavy (non-hydrogen) atoms. The predicted molar refractivity (Wildman–Crippen MR) is 262 cm³/mol. The number of fused-ring (bicyclic) bond motifs is 9. The van der Waals surface area contributed by atoms with Crippen LogP contribution in [0.15, 0.2) is 182 Å². The summed E-state index contributed by atoms with van der Waals surface area (Å²) in [5.74, 6) is 0. The summed E-state index contributed by atoms with van der Waals surface area (Å²) >= 11 is 0. The first kappa shape index (κ1) is 37.6. The molecule has 2 heteroatoms. The van der Waals surface area contributed by atoms with Crippen molar-refractivity contribution in [3.8, 4) is 89.4 Å². The van der Waals surface area contributed by atoms with Crippen LogP contribution in [0.5, 0.6) is 0 Å². The second-order valence-electron chi connectivity index (χ2n) is 19.4. The number of benzene rings is 7. The summed E-state index contributed by atoms with van der Waals surface area (Å²) in [6.45, 7) is 14.3. The molecule has 0 amide bonds. The van der Waals surface area contributed by atoms with Gasteiger partial charge < -0.3 is 0 Å². The molecule has 2 heterocycles. The molecule has 3 aliphatic carbocycles. The van der Waals surface area contributed by atoms with Crippen LogP contribution in [0.4, 0.5) is 0 Å². The molecule has 0 unspecified atom stereocenters. The summed E-state index contributed by atoms with van der Waals surface area (Å²) in [5.41, 5.74) is 27.3. The van der Waals surface area contributed by atoms with E-state index in [1.165, 1.54) is 100 Å². The van der Waals surface area contributed by atoms with Crippen molar-refractivity contribution in [2.24, 2.45) is 0 Å². The first-order chi connectivity index (χ1) is 30.5. The van der Waals surface area contributed by atoms with Crippen LogP contribution in [-0.2, 0) is 16.2 Å². The number of nitrogens with zero attached hydrogens (tertiary/aromatic N) is 2. The maximum absolute atomic E-state index is 5.09. The van der Waals surface area contributed by atoms with E-state index in [4.69, 9.17) is 4.98 Å². The van der Waals surface area contributed by atoms with Gasteiger partial charge in [0.15, 0.2) is 0 Å². The van der Waals surface area contributed by atoms with E-state index in [1.807, 2.05) is 30.5 Å². The van der Waals surface area contributed by atoms with E-state index in [1.54, 1.807) is 0 Å². The smallest absolute Gasteiger partial charge is 0.0893 e. The number of hydrogen-bond donors (Lipinski definition) is 0. The first-order valence-electron chi connectivity index (χ1n) is 22.3. The maximum atomic E-state index is 5.09. The maximum Gasteiger partial charge on any atom is 0.0893 e. The zero-order chi connectivity index (χ0) is 42.8. The van der Waals surface area contributed by atoms with Crippen LogP contribution in [0.25, 0.3) is 89.4 Å². The lowest BCUT2D eigenvalue weighted by Gasteiger charge is -2.24. The van der Waals surface area contributed by atoms with Crippen LogP contribution >= 0.6 is 0 Å². The van der Waals surface area contributed by atoms with Crippen LogP contribution in [-0.4, -0.2) is 9.97 Å². The highest BCUT2D eigenvalue weighted by molar-refractivity contribution is 5.91. The summed E-state index contributed by atoms with van der Waals surface area (Å²) in [6, 6.07) is 65.3. The molecule has 9 aromatic rings. The lowest BCUT2D eigenvalue weighted by atomic mass is 9.79. The molecule has 302 valence electrons. The molecule has 0 saturated carbocycles. The second kappa shape index (κ2) is 13.4. The van der Waals surface area contributed by atoms with E-state index in [2.05, 4.69) is 198 Å². The highest BCUT2D eigenvalue weighted by Gasteiger charge is 2.39. The summed E-state index contributed by atoms with van der Waals surface area (Å²) in [4.78, 5) is 9.65. The topological polar surface area (TPSA) is 25.8 Å². The number of aromatic nitrogens is 2. The molecule has 12 rings (SSSR count). The number of pyridine rings is 2. The minimum absolute atomic E-state index is 0.0255. The number of rotatable bonds is 5. The Kier molecular flexibility index (Phi) is 8.01. The highest BCUT2D eigenvalue weighted by atomic mass is 14.8. The predicted octanol–water partition coefficient (Wildman–Crippen LogP) is 15.7. The van der Waals surface area contributed by atoms with Crippen molar-refractivity contribution in [1.29, 1.82) is 0 Å². The van der Waals surface area contributed by atoms with Gasteiger partial charge >= 0.3 is 0 Å². The van der Waals surface area contributed by atoms with Crippen LogP contribution in [0.2, 0.25) is 0 Å². The fourth-order valence-electron chi connectivity index (χ4n) is 11.3. The average Bonchev–Trinajstić information content (AvgIpc) is 3.80. The Bertz CT molecular complexity index is 3360. The first-order valence-corrected chi connectivity index (χ1v) is 22.3. The van der Waals surface area contributed by atoms with Crippen molar-refractivity contribution in [3.05, 3.63) is 216 Å². The van der Waals surface area contributed by atoms with Gasteiger partial charge in [0.25, 0.3) is 0 Å². The molecule has 0 radical (unpaired) electrons. The molecule has 0 fully saturated rings. The zero-order valence-corrected chi connectivity index (χ0v) is 36.7. The van der Waals surface area contributed by atoms with Crippen molar-refractivity contribution < 1.29 is 0 Å². The van der Waals surface area contributed by atoms with Gasteiger partial charge in [0.05, 0.1) is 17.1 Å². The SMILES string of the molecule is CC1(C)c2ccccc2-c2ccc(-c3ccc4c(c3)C(C)(C)c3cc(-c5ccc6c(c5)C(C)(C)c5cc(-c7ccccc7-c7cccc(-c8ccccn8)n7)ccc5-6)ccc3-4)cc21. The Labute approximate surface area is 371 Å². The lowest BCUT2D eigenvalue weighted by molar-refractivity contribution is 0.659. The largest absolute Gasteiger partial charge is 0.255 e. The van der Waals surface area contributed by atoms with Crippen molar-refractivity contribution in [3.63, 3.8) is 0 Å². The van der Waals surface area contributed by atoms with E-state index < -0.39 is 0 Å². The molecule has 0 bridgehead atoms. The Morgan fingerprint density at radius 1 is 0.270 bits per heavy atom. The molecule has 3 aliphatic rings. The molecule has 7 aromatic carbocycles.